The lowest BCUT2D eigenvalue weighted by Gasteiger charge is -2.27. The van der Waals surface area contributed by atoms with Crippen molar-refractivity contribution in [3.8, 4) is 0 Å². The van der Waals surface area contributed by atoms with Crippen molar-refractivity contribution in [1.29, 1.82) is 0 Å². The van der Waals surface area contributed by atoms with E-state index < -0.39 is 0 Å². The Balaban J connectivity index is 1.88. The van der Waals surface area contributed by atoms with Crippen molar-refractivity contribution in [2.75, 3.05) is 18.5 Å². The minimum Gasteiger partial charge on any atom is -0.381 e. The van der Waals surface area contributed by atoms with Crippen LogP contribution in [0.4, 0.5) is 5.13 Å². The molecule has 2 rings (SSSR count). The van der Waals surface area contributed by atoms with Gasteiger partial charge in [-0.05, 0) is 41.6 Å². The first-order valence-electron chi connectivity index (χ1n) is 5.09. The second kappa shape index (κ2) is 5.23. The molecule has 1 fully saturated rings. The molecule has 0 aromatic carbocycles. The van der Waals surface area contributed by atoms with Crippen LogP contribution < -0.4 is 5.32 Å². The summed E-state index contributed by atoms with van der Waals surface area (Å²) >= 11 is 4.84. The maximum Gasteiger partial charge on any atom is 0.206 e. The van der Waals surface area contributed by atoms with Crippen molar-refractivity contribution in [1.82, 2.24) is 10.2 Å². The number of hydrogen-bond acceptors (Lipinski definition) is 5. The van der Waals surface area contributed by atoms with E-state index in [2.05, 4.69) is 38.4 Å². The highest BCUT2D eigenvalue weighted by atomic mass is 79.9. The summed E-state index contributed by atoms with van der Waals surface area (Å²) in [6.07, 6.45) is 2.27. The number of nitrogens with zero attached hydrogens (tertiary/aromatic N) is 2. The molecule has 0 aliphatic carbocycles. The standard InChI is InChI=1S/C9H14BrN3OS/c1-6(7-2-4-14-5-3-7)11-9-13-12-8(10)15-9/h6-7H,2-5H2,1H3,(H,11,13). The summed E-state index contributed by atoms with van der Waals surface area (Å²) in [4.78, 5) is 0. The van der Waals surface area contributed by atoms with E-state index in [1.807, 2.05) is 0 Å². The van der Waals surface area contributed by atoms with Crippen LogP contribution in [-0.2, 0) is 4.74 Å². The van der Waals surface area contributed by atoms with E-state index in [0.29, 0.717) is 12.0 Å². The zero-order valence-corrected chi connectivity index (χ0v) is 11.0. The van der Waals surface area contributed by atoms with E-state index in [9.17, 15) is 0 Å². The van der Waals surface area contributed by atoms with Crippen molar-refractivity contribution in [2.24, 2.45) is 5.92 Å². The highest BCUT2D eigenvalue weighted by molar-refractivity contribution is 9.11. The first-order chi connectivity index (χ1) is 7.25. The van der Waals surface area contributed by atoms with Crippen molar-refractivity contribution in [3.63, 3.8) is 0 Å². The lowest BCUT2D eigenvalue weighted by Crippen LogP contribution is -2.30. The molecule has 0 spiro atoms. The summed E-state index contributed by atoms with van der Waals surface area (Å²) < 4.78 is 6.17. The Hall–Kier alpha value is -0.200. The Morgan fingerprint density at radius 3 is 2.80 bits per heavy atom. The smallest absolute Gasteiger partial charge is 0.206 e. The molecular weight excluding hydrogens is 278 g/mol. The summed E-state index contributed by atoms with van der Waals surface area (Å²) in [6, 6.07) is 0.439. The highest BCUT2D eigenvalue weighted by Gasteiger charge is 2.21. The third-order valence-electron chi connectivity index (χ3n) is 2.72. The van der Waals surface area contributed by atoms with Gasteiger partial charge >= 0.3 is 0 Å². The number of anilines is 1. The lowest BCUT2D eigenvalue weighted by atomic mass is 9.93. The van der Waals surface area contributed by atoms with Gasteiger partial charge < -0.3 is 10.1 Å². The van der Waals surface area contributed by atoms with Crippen LogP contribution in [-0.4, -0.2) is 29.5 Å². The van der Waals surface area contributed by atoms with E-state index in [-0.39, 0.29) is 0 Å². The van der Waals surface area contributed by atoms with Gasteiger partial charge in [0, 0.05) is 19.3 Å². The number of halogens is 1. The van der Waals surface area contributed by atoms with Crippen molar-refractivity contribution < 1.29 is 4.74 Å². The summed E-state index contributed by atoms with van der Waals surface area (Å²) in [6.45, 7) is 3.97. The average molecular weight is 292 g/mol. The maximum absolute atomic E-state index is 5.34. The predicted octanol–water partition coefficient (Wildman–Crippen LogP) is 2.53. The Kier molecular flexibility index (Phi) is 3.93. The molecule has 84 valence electrons. The molecule has 0 amide bonds. The molecule has 1 aliphatic rings. The average Bonchev–Trinajstić information content (AvgIpc) is 2.65. The predicted molar refractivity (Wildman–Crippen MR) is 64.2 cm³/mol. The van der Waals surface area contributed by atoms with Gasteiger partial charge in [-0.25, -0.2) is 0 Å². The number of ether oxygens (including phenoxy) is 1. The monoisotopic (exact) mass is 291 g/mol. The van der Waals surface area contributed by atoms with Crippen LogP contribution in [0.25, 0.3) is 0 Å². The van der Waals surface area contributed by atoms with Gasteiger partial charge in [-0.3, -0.25) is 0 Å². The Bertz CT molecular complexity index is 314. The SMILES string of the molecule is CC(Nc1nnc(Br)s1)C1CCOCC1. The van der Waals surface area contributed by atoms with E-state index in [4.69, 9.17) is 4.74 Å². The normalized spacial score (nSPS) is 20.1. The summed E-state index contributed by atoms with van der Waals surface area (Å²) in [5.74, 6) is 0.682. The van der Waals surface area contributed by atoms with Gasteiger partial charge in [0.15, 0.2) is 3.92 Å². The van der Waals surface area contributed by atoms with Crippen molar-refractivity contribution >= 4 is 32.4 Å². The van der Waals surface area contributed by atoms with Crippen molar-refractivity contribution in [2.45, 2.75) is 25.8 Å². The molecule has 2 heterocycles. The summed E-state index contributed by atoms with van der Waals surface area (Å²) in [7, 11) is 0. The van der Waals surface area contributed by atoms with Gasteiger partial charge in [-0.2, -0.15) is 0 Å². The van der Waals surface area contributed by atoms with Gasteiger partial charge in [0.1, 0.15) is 0 Å². The maximum atomic E-state index is 5.34. The fraction of sp³-hybridized carbons (Fsp3) is 0.778. The minimum atomic E-state index is 0.439. The van der Waals surface area contributed by atoms with Gasteiger partial charge in [0.05, 0.1) is 0 Å². The number of hydrogen-bond donors (Lipinski definition) is 1. The molecule has 1 aliphatic heterocycles. The van der Waals surface area contributed by atoms with Crippen LogP contribution in [0.1, 0.15) is 19.8 Å². The van der Waals surface area contributed by atoms with E-state index in [1.54, 1.807) is 0 Å². The van der Waals surface area contributed by atoms with E-state index >= 15 is 0 Å². The fourth-order valence-electron chi connectivity index (χ4n) is 1.79. The molecule has 1 aromatic rings. The number of rotatable bonds is 3. The van der Waals surface area contributed by atoms with Gasteiger partial charge in [0.25, 0.3) is 0 Å². The molecule has 1 atom stereocenters. The summed E-state index contributed by atoms with van der Waals surface area (Å²) in [5, 5.41) is 12.2. The molecule has 0 radical (unpaired) electrons. The molecular formula is C9H14BrN3OS. The second-order valence-electron chi connectivity index (χ2n) is 3.74. The molecule has 1 unspecified atom stereocenters. The van der Waals surface area contributed by atoms with Crippen LogP contribution in [0, 0.1) is 5.92 Å². The van der Waals surface area contributed by atoms with Crippen LogP contribution in [0.2, 0.25) is 0 Å². The van der Waals surface area contributed by atoms with Crippen LogP contribution >= 0.6 is 27.3 Å². The zero-order chi connectivity index (χ0) is 10.7. The van der Waals surface area contributed by atoms with Crippen LogP contribution in [0.5, 0.6) is 0 Å². The van der Waals surface area contributed by atoms with E-state index in [1.165, 1.54) is 11.3 Å². The van der Waals surface area contributed by atoms with Gasteiger partial charge in [0.2, 0.25) is 5.13 Å². The molecule has 1 aromatic heterocycles. The first kappa shape index (κ1) is 11.3. The Morgan fingerprint density at radius 2 is 2.20 bits per heavy atom. The zero-order valence-electron chi connectivity index (χ0n) is 8.57. The molecule has 1 N–H and O–H groups in total. The molecule has 0 saturated carbocycles. The number of aromatic nitrogens is 2. The largest absolute Gasteiger partial charge is 0.381 e. The third-order valence-corrected chi connectivity index (χ3v) is 4.01. The van der Waals surface area contributed by atoms with Gasteiger partial charge in [-0.15, -0.1) is 10.2 Å². The quantitative estimate of drug-likeness (QED) is 0.930. The van der Waals surface area contributed by atoms with Gasteiger partial charge in [-0.1, -0.05) is 11.3 Å². The second-order valence-corrected chi connectivity index (χ2v) is 6.00. The Morgan fingerprint density at radius 1 is 1.47 bits per heavy atom. The highest BCUT2D eigenvalue weighted by Crippen LogP contribution is 2.25. The first-order valence-corrected chi connectivity index (χ1v) is 6.70. The molecule has 6 heteroatoms. The lowest BCUT2D eigenvalue weighted by molar-refractivity contribution is 0.0622. The van der Waals surface area contributed by atoms with Crippen LogP contribution in [0.15, 0.2) is 3.92 Å². The van der Waals surface area contributed by atoms with Crippen molar-refractivity contribution in [3.05, 3.63) is 3.92 Å². The third kappa shape index (κ3) is 3.12. The molecule has 4 nitrogen and oxygen atoms in total. The molecule has 15 heavy (non-hydrogen) atoms. The van der Waals surface area contributed by atoms with E-state index in [0.717, 1.165) is 35.1 Å². The fourth-order valence-corrected chi connectivity index (χ4v) is 2.90. The number of nitrogens with one attached hydrogen (secondary N) is 1. The topological polar surface area (TPSA) is 47.0 Å². The van der Waals surface area contributed by atoms with Crippen LogP contribution in [0.3, 0.4) is 0 Å². The molecule has 0 bridgehead atoms. The minimum absolute atomic E-state index is 0.439. The molecule has 1 saturated heterocycles. The summed E-state index contributed by atoms with van der Waals surface area (Å²) in [5.41, 5.74) is 0. The Labute approximate surface area is 102 Å².